The molecule has 1 aliphatic rings. The minimum atomic E-state index is -0.390. The lowest BCUT2D eigenvalue weighted by atomic mass is 10.1. The highest BCUT2D eigenvalue weighted by Crippen LogP contribution is 2.14. The Kier molecular flexibility index (Phi) is 7.93. The summed E-state index contributed by atoms with van der Waals surface area (Å²) in [4.78, 5) is 26.2. The number of likely N-dealkylation sites (tertiary alicyclic amines) is 1. The topological polar surface area (TPSA) is 81.7 Å². The fourth-order valence-corrected chi connectivity index (χ4v) is 3.44. The minimum absolute atomic E-state index is 0.0302. The quantitative estimate of drug-likeness (QED) is 0.616. The summed E-state index contributed by atoms with van der Waals surface area (Å²) in [5.74, 6) is -0.998. The molecular weight excluding hydrogens is 385 g/mol. The van der Waals surface area contributed by atoms with Crippen molar-refractivity contribution in [3.8, 4) is 0 Å². The third-order valence-corrected chi connectivity index (χ3v) is 5.18. The van der Waals surface area contributed by atoms with E-state index in [1.807, 2.05) is 24.3 Å². The van der Waals surface area contributed by atoms with E-state index in [2.05, 4.69) is 15.5 Å². The maximum atomic E-state index is 13.1. The van der Waals surface area contributed by atoms with Crippen molar-refractivity contribution in [2.24, 2.45) is 0 Å². The Morgan fingerprint density at radius 2 is 1.67 bits per heavy atom. The van der Waals surface area contributed by atoms with Crippen LogP contribution in [0.25, 0.3) is 0 Å². The predicted octanol–water partition coefficient (Wildman–Crippen LogP) is 1.76. The molecule has 0 saturated carbocycles. The Morgan fingerprint density at radius 1 is 0.967 bits per heavy atom. The first-order valence-electron chi connectivity index (χ1n) is 10.2. The molecule has 1 fully saturated rings. The van der Waals surface area contributed by atoms with Crippen molar-refractivity contribution in [2.75, 3.05) is 19.6 Å². The van der Waals surface area contributed by atoms with E-state index in [1.165, 1.54) is 17.7 Å². The van der Waals surface area contributed by atoms with Gasteiger partial charge in [-0.2, -0.15) is 0 Å². The van der Waals surface area contributed by atoms with Gasteiger partial charge in [0.1, 0.15) is 5.82 Å². The number of nitrogens with zero attached hydrogens (tertiary/aromatic N) is 1. The number of aliphatic hydroxyl groups excluding tert-OH is 1. The first-order chi connectivity index (χ1) is 14.5. The monoisotopic (exact) mass is 413 g/mol. The average molecular weight is 413 g/mol. The molecule has 7 heteroatoms. The van der Waals surface area contributed by atoms with Crippen LogP contribution in [0, 0.1) is 5.82 Å². The molecule has 0 aromatic heterocycles. The number of piperidine rings is 1. The van der Waals surface area contributed by atoms with Crippen LogP contribution < -0.4 is 10.6 Å². The summed E-state index contributed by atoms with van der Waals surface area (Å²) in [5, 5.41) is 14.9. The van der Waals surface area contributed by atoms with Crippen LogP contribution in [0.5, 0.6) is 0 Å². The Bertz CT molecular complexity index is 849. The van der Waals surface area contributed by atoms with E-state index >= 15 is 0 Å². The van der Waals surface area contributed by atoms with Gasteiger partial charge in [-0.1, -0.05) is 36.4 Å². The van der Waals surface area contributed by atoms with Crippen molar-refractivity contribution in [2.45, 2.75) is 38.5 Å². The molecule has 0 spiro atoms. The Hall–Kier alpha value is -2.77. The summed E-state index contributed by atoms with van der Waals surface area (Å²) >= 11 is 0. The van der Waals surface area contributed by atoms with Gasteiger partial charge in [0.15, 0.2) is 0 Å². The van der Waals surface area contributed by atoms with Gasteiger partial charge < -0.3 is 15.7 Å². The highest BCUT2D eigenvalue weighted by atomic mass is 19.1. The van der Waals surface area contributed by atoms with Gasteiger partial charge in [-0.3, -0.25) is 14.5 Å². The number of benzene rings is 2. The van der Waals surface area contributed by atoms with Crippen molar-refractivity contribution >= 4 is 11.8 Å². The number of carbonyl (C=O) groups is 2. The van der Waals surface area contributed by atoms with Crippen LogP contribution in [-0.4, -0.2) is 47.6 Å². The SMILES string of the molecule is O=C(CNC(=O)Cc1cccc(F)c1)NCc1ccc(CN2CCC(O)CC2)cc1. The second kappa shape index (κ2) is 10.8. The van der Waals surface area contributed by atoms with E-state index in [9.17, 15) is 19.1 Å². The van der Waals surface area contributed by atoms with Gasteiger partial charge in [-0.25, -0.2) is 4.39 Å². The van der Waals surface area contributed by atoms with Crippen molar-refractivity contribution in [1.29, 1.82) is 0 Å². The highest BCUT2D eigenvalue weighted by molar-refractivity contribution is 5.85. The molecule has 160 valence electrons. The lowest BCUT2D eigenvalue weighted by molar-refractivity contribution is -0.125. The van der Waals surface area contributed by atoms with Crippen molar-refractivity contribution < 1.29 is 19.1 Å². The molecule has 0 aliphatic carbocycles. The zero-order chi connectivity index (χ0) is 21.3. The van der Waals surface area contributed by atoms with Gasteiger partial charge in [-0.05, 0) is 41.7 Å². The van der Waals surface area contributed by atoms with Crippen LogP contribution in [0.4, 0.5) is 4.39 Å². The maximum Gasteiger partial charge on any atom is 0.239 e. The van der Waals surface area contributed by atoms with Crippen molar-refractivity contribution in [3.05, 3.63) is 71.0 Å². The molecule has 0 atom stereocenters. The standard InChI is InChI=1S/C23H28FN3O3/c24-20-3-1-2-19(12-20)13-22(29)26-15-23(30)25-14-17-4-6-18(7-5-17)16-27-10-8-21(28)9-11-27/h1-7,12,21,28H,8-11,13-16H2,(H,25,30)(H,26,29). The van der Waals surface area contributed by atoms with E-state index in [1.54, 1.807) is 12.1 Å². The smallest absolute Gasteiger partial charge is 0.239 e. The van der Waals surface area contributed by atoms with Gasteiger partial charge in [0.2, 0.25) is 11.8 Å². The number of halogens is 1. The van der Waals surface area contributed by atoms with Crippen LogP contribution in [0.15, 0.2) is 48.5 Å². The Morgan fingerprint density at radius 3 is 2.37 bits per heavy atom. The molecule has 0 unspecified atom stereocenters. The number of amides is 2. The highest BCUT2D eigenvalue weighted by Gasteiger charge is 2.16. The number of hydrogen-bond acceptors (Lipinski definition) is 4. The van der Waals surface area contributed by atoms with Gasteiger partial charge in [0, 0.05) is 26.2 Å². The maximum absolute atomic E-state index is 13.1. The number of rotatable bonds is 8. The molecule has 1 saturated heterocycles. The number of hydrogen-bond donors (Lipinski definition) is 3. The van der Waals surface area contributed by atoms with Gasteiger partial charge >= 0.3 is 0 Å². The summed E-state index contributed by atoms with van der Waals surface area (Å²) in [6.07, 6.45) is 1.51. The summed E-state index contributed by atoms with van der Waals surface area (Å²) in [5.41, 5.74) is 2.74. The second-order valence-corrected chi connectivity index (χ2v) is 7.68. The van der Waals surface area contributed by atoms with Crippen LogP contribution in [0.2, 0.25) is 0 Å². The van der Waals surface area contributed by atoms with E-state index in [0.29, 0.717) is 12.1 Å². The molecule has 1 aliphatic heterocycles. The summed E-state index contributed by atoms with van der Waals surface area (Å²) in [6.45, 7) is 2.94. The largest absolute Gasteiger partial charge is 0.393 e. The molecule has 2 amide bonds. The molecule has 0 bridgehead atoms. The lowest BCUT2D eigenvalue weighted by Gasteiger charge is -2.29. The molecule has 6 nitrogen and oxygen atoms in total. The van der Waals surface area contributed by atoms with Crippen LogP contribution in [0.3, 0.4) is 0 Å². The van der Waals surface area contributed by atoms with Crippen molar-refractivity contribution in [3.63, 3.8) is 0 Å². The third-order valence-electron chi connectivity index (χ3n) is 5.18. The molecule has 2 aromatic rings. The van der Waals surface area contributed by atoms with Gasteiger partial charge in [0.25, 0.3) is 0 Å². The second-order valence-electron chi connectivity index (χ2n) is 7.68. The van der Waals surface area contributed by atoms with Crippen LogP contribution in [0.1, 0.15) is 29.5 Å². The number of aliphatic hydroxyl groups is 1. The van der Waals surface area contributed by atoms with E-state index in [0.717, 1.165) is 38.0 Å². The van der Waals surface area contributed by atoms with Crippen LogP contribution >= 0.6 is 0 Å². The number of carbonyl (C=O) groups excluding carboxylic acids is 2. The molecule has 30 heavy (non-hydrogen) atoms. The minimum Gasteiger partial charge on any atom is -0.393 e. The molecule has 1 heterocycles. The van der Waals surface area contributed by atoms with Crippen molar-refractivity contribution in [1.82, 2.24) is 15.5 Å². The summed E-state index contributed by atoms with van der Waals surface area (Å²) in [7, 11) is 0. The van der Waals surface area contributed by atoms with E-state index < -0.39 is 5.82 Å². The third kappa shape index (κ3) is 7.24. The first kappa shape index (κ1) is 21.9. The lowest BCUT2D eigenvalue weighted by Crippen LogP contribution is -2.37. The van der Waals surface area contributed by atoms with E-state index in [-0.39, 0.29) is 30.9 Å². The molecule has 2 aromatic carbocycles. The van der Waals surface area contributed by atoms with E-state index in [4.69, 9.17) is 0 Å². The molecule has 0 radical (unpaired) electrons. The fourth-order valence-electron chi connectivity index (χ4n) is 3.44. The molecular formula is C23H28FN3O3. The molecule has 3 rings (SSSR count). The first-order valence-corrected chi connectivity index (χ1v) is 10.2. The summed E-state index contributed by atoms with van der Waals surface area (Å²) in [6, 6.07) is 13.9. The zero-order valence-corrected chi connectivity index (χ0v) is 16.9. The predicted molar refractivity (Wildman–Crippen MR) is 112 cm³/mol. The number of nitrogens with one attached hydrogen (secondary N) is 2. The average Bonchev–Trinajstić information content (AvgIpc) is 2.73. The van der Waals surface area contributed by atoms with Gasteiger partial charge in [0.05, 0.1) is 19.1 Å². The summed E-state index contributed by atoms with van der Waals surface area (Å²) < 4.78 is 13.1. The van der Waals surface area contributed by atoms with Crippen LogP contribution in [-0.2, 0) is 29.1 Å². The Balaban J connectivity index is 1.35. The normalized spacial score (nSPS) is 15.0. The Labute approximate surface area is 176 Å². The molecule has 3 N–H and O–H groups in total. The fraction of sp³-hybridized carbons (Fsp3) is 0.391. The van der Waals surface area contributed by atoms with Gasteiger partial charge in [-0.15, -0.1) is 0 Å². The zero-order valence-electron chi connectivity index (χ0n) is 16.9.